The van der Waals surface area contributed by atoms with E-state index in [1.165, 1.54) is 22.7 Å². The maximum Gasteiger partial charge on any atom is 0.267 e. The lowest BCUT2D eigenvalue weighted by Crippen LogP contribution is -2.09. The fraction of sp³-hybridized carbons (Fsp3) is 0.111. The summed E-state index contributed by atoms with van der Waals surface area (Å²) in [5.74, 6) is 0.211. The average molecular weight is 338 g/mol. The predicted molar refractivity (Wildman–Crippen MR) is 71.6 cm³/mol. The van der Waals surface area contributed by atoms with E-state index in [9.17, 15) is 4.79 Å². The number of thiophene rings is 1. The lowest BCUT2D eigenvalue weighted by Gasteiger charge is -1.97. The summed E-state index contributed by atoms with van der Waals surface area (Å²) < 4.78 is 0.929. The minimum atomic E-state index is -0.147. The molecule has 16 heavy (non-hydrogen) atoms. The molecule has 2 aromatic rings. The highest BCUT2D eigenvalue weighted by Crippen LogP contribution is 2.24. The molecule has 0 bridgehead atoms. The third-order valence-electron chi connectivity index (χ3n) is 1.71. The van der Waals surface area contributed by atoms with Crippen LogP contribution in [-0.2, 0) is 5.88 Å². The van der Waals surface area contributed by atoms with Gasteiger partial charge in [-0.1, -0.05) is 0 Å². The number of alkyl halides is 1. The van der Waals surface area contributed by atoms with Gasteiger partial charge in [0, 0.05) is 5.38 Å². The number of aromatic nitrogens is 1. The Hall–Kier alpha value is -0.430. The number of anilines is 1. The number of nitrogens with one attached hydrogen (secondary N) is 1. The molecule has 0 aliphatic heterocycles. The topological polar surface area (TPSA) is 42.0 Å². The van der Waals surface area contributed by atoms with Crippen molar-refractivity contribution in [2.45, 2.75) is 5.88 Å². The minimum absolute atomic E-state index is 0.147. The Labute approximate surface area is 114 Å². The molecule has 2 aromatic heterocycles. The van der Waals surface area contributed by atoms with Crippen LogP contribution in [0.2, 0.25) is 0 Å². The third-order valence-corrected chi connectivity index (χ3v) is 4.41. The summed E-state index contributed by atoms with van der Waals surface area (Å²) in [5, 5.41) is 5.13. The van der Waals surface area contributed by atoms with Crippen molar-refractivity contribution in [1.82, 2.24) is 4.98 Å². The lowest BCUT2D eigenvalue weighted by atomic mass is 10.4. The standard InChI is InChI=1S/C9H6BrClN2OS2/c10-7-2-1-6(16-7)8(14)13-9-12-5(3-11)4-15-9/h1-2,4H,3H2,(H,12,13,14). The van der Waals surface area contributed by atoms with Crippen molar-refractivity contribution in [1.29, 1.82) is 0 Å². The zero-order valence-electron chi connectivity index (χ0n) is 7.87. The predicted octanol–water partition coefficient (Wildman–Crippen LogP) is 3.96. The van der Waals surface area contributed by atoms with Crippen LogP contribution in [0, 0.1) is 0 Å². The van der Waals surface area contributed by atoms with Gasteiger partial charge in [-0.05, 0) is 28.1 Å². The zero-order chi connectivity index (χ0) is 11.5. The minimum Gasteiger partial charge on any atom is -0.297 e. The van der Waals surface area contributed by atoms with Crippen LogP contribution in [0.15, 0.2) is 21.3 Å². The van der Waals surface area contributed by atoms with E-state index >= 15 is 0 Å². The second-order valence-corrected chi connectivity index (χ2v) is 6.42. The Kier molecular flexibility index (Phi) is 3.96. The Morgan fingerprint density at radius 3 is 2.94 bits per heavy atom. The second-order valence-electron chi connectivity index (χ2n) is 2.84. The zero-order valence-corrected chi connectivity index (χ0v) is 11.8. The first kappa shape index (κ1) is 12.0. The molecule has 3 nitrogen and oxygen atoms in total. The van der Waals surface area contributed by atoms with Crippen molar-refractivity contribution in [2.75, 3.05) is 5.32 Å². The van der Waals surface area contributed by atoms with Crippen molar-refractivity contribution in [3.63, 3.8) is 0 Å². The van der Waals surface area contributed by atoms with E-state index in [4.69, 9.17) is 11.6 Å². The van der Waals surface area contributed by atoms with Crippen LogP contribution in [0.5, 0.6) is 0 Å². The van der Waals surface area contributed by atoms with E-state index in [-0.39, 0.29) is 5.91 Å². The third kappa shape index (κ3) is 2.82. The lowest BCUT2D eigenvalue weighted by molar-refractivity contribution is 0.103. The molecule has 7 heteroatoms. The maximum atomic E-state index is 11.7. The molecule has 84 valence electrons. The molecule has 0 unspecified atom stereocenters. The van der Waals surface area contributed by atoms with E-state index in [2.05, 4.69) is 26.2 Å². The van der Waals surface area contributed by atoms with Gasteiger partial charge in [0.2, 0.25) is 0 Å². The summed E-state index contributed by atoms with van der Waals surface area (Å²) in [6, 6.07) is 3.60. The maximum absolute atomic E-state index is 11.7. The van der Waals surface area contributed by atoms with Crippen molar-refractivity contribution in [3.05, 3.63) is 31.9 Å². The summed E-state index contributed by atoms with van der Waals surface area (Å²) >= 11 is 11.7. The molecule has 0 saturated carbocycles. The largest absolute Gasteiger partial charge is 0.297 e. The number of carbonyl (C=O) groups excluding carboxylic acids is 1. The van der Waals surface area contributed by atoms with Gasteiger partial charge in [-0.3, -0.25) is 10.1 Å². The fourth-order valence-electron chi connectivity index (χ4n) is 1.02. The Bertz CT molecular complexity index is 511. The van der Waals surface area contributed by atoms with Crippen LogP contribution in [0.3, 0.4) is 0 Å². The molecule has 2 rings (SSSR count). The van der Waals surface area contributed by atoms with Gasteiger partial charge >= 0.3 is 0 Å². The molecule has 0 saturated heterocycles. The van der Waals surface area contributed by atoms with Crippen LogP contribution in [-0.4, -0.2) is 10.9 Å². The van der Waals surface area contributed by atoms with E-state index in [1.807, 2.05) is 11.4 Å². The highest BCUT2D eigenvalue weighted by atomic mass is 79.9. The van der Waals surface area contributed by atoms with Crippen LogP contribution in [0.1, 0.15) is 15.4 Å². The number of hydrogen-bond donors (Lipinski definition) is 1. The van der Waals surface area contributed by atoms with Gasteiger partial charge in [-0.15, -0.1) is 34.3 Å². The molecule has 1 amide bonds. The number of amides is 1. The van der Waals surface area contributed by atoms with Gasteiger partial charge in [0.25, 0.3) is 5.91 Å². The smallest absolute Gasteiger partial charge is 0.267 e. The van der Waals surface area contributed by atoms with E-state index < -0.39 is 0 Å². The van der Waals surface area contributed by atoms with E-state index in [0.717, 1.165) is 9.48 Å². The first-order chi connectivity index (χ1) is 7.69. The normalized spacial score (nSPS) is 10.4. The molecule has 0 atom stereocenters. The van der Waals surface area contributed by atoms with Crippen molar-refractivity contribution >= 4 is 61.2 Å². The molecule has 0 radical (unpaired) electrons. The Morgan fingerprint density at radius 2 is 2.38 bits per heavy atom. The van der Waals surface area contributed by atoms with Gasteiger partial charge in [-0.25, -0.2) is 4.98 Å². The number of halogens is 2. The number of rotatable bonds is 3. The van der Waals surface area contributed by atoms with Crippen LogP contribution < -0.4 is 5.32 Å². The highest BCUT2D eigenvalue weighted by Gasteiger charge is 2.10. The van der Waals surface area contributed by atoms with E-state index in [0.29, 0.717) is 15.9 Å². The first-order valence-electron chi connectivity index (χ1n) is 4.26. The molecular weight excluding hydrogens is 332 g/mol. The van der Waals surface area contributed by atoms with Crippen LogP contribution in [0.4, 0.5) is 5.13 Å². The van der Waals surface area contributed by atoms with Crippen LogP contribution in [0.25, 0.3) is 0 Å². The SMILES string of the molecule is O=C(Nc1nc(CCl)cs1)c1ccc(Br)s1. The van der Waals surface area contributed by atoms with Gasteiger partial charge in [0.1, 0.15) is 0 Å². The number of carbonyl (C=O) groups is 1. The van der Waals surface area contributed by atoms with Gasteiger partial charge < -0.3 is 0 Å². The molecule has 0 aromatic carbocycles. The van der Waals surface area contributed by atoms with Crippen LogP contribution >= 0.6 is 50.2 Å². The summed E-state index contributed by atoms with van der Waals surface area (Å²) in [7, 11) is 0. The van der Waals surface area contributed by atoms with Gasteiger partial charge in [-0.2, -0.15) is 0 Å². The molecule has 0 fully saturated rings. The summed E-state index contributed by atoms with van der Waals surface area (Å²) in [4.78, 5) is 16.5. The van der Waals surface area contributed by atoms with Gasteiger partial charge in [0.15, 0.2) is 5.13 Å². The average Bonchev–Trinajstić information content (AvgIpc) is 2.87. The number of hydrogen-bond acceptors (Lipinski definition) is 4. The summed E-state index contributed by atoms with van der Waals surface area (Å²) in [5.41, 5.74) is 0.773. The second kappa shape index (κ2) is 5.27. The van der Waals surface area contributed by atoms with Crippen molar-refractivity contribution < 1.29 is 4.79 Å². The molecule has 1 N–H and O–H groups in total. The van der Waals surface area contributed by atoms with Crippen molar-refractivity contribution in [2.24, 2.45) is 0 Å². The van der Waals surface area contributed by atoms with Crippen molar-refractivity contribution in [3.8, 4) is 0 Å². The molecule has 0 aliphatic rings. The molecule has 2 heterocycles. The highest BCUT2D eigenvalue weighted by molar-refractivity contribution is 9.11. The quantitative estimate of drug-likeness (QED) is 0.861. The van der Waals surface area contributed by atoms with E-state index in [1.54, 1.807) is 6.07 Å². The monoisotopic (exact) mass is 336 g/mol. The Morgan fingerprint density at radius 1 is 1.56 bits per heavy atom. The van der Waals surface area contributed by atoms with Gasteiger partial charge in [0.05, 0.1) is 20.2 Å². The number of nitrogens with zero attached hydrogens (tertiary/aromatic N) is 1. The molecule has 0 spiro atoms. The molecule has 0 aliphatic carbocycles. The molecular formula is C9H6BrClN2OS2. The fourth-order valence-corrected chi connectivity index (χ4v) is 3.24. The summed E-state index contributed by atoms with van der Waals surface area (Å²) in [6.45, 7) is 0. The summed E-state index contributed by atoms with van der Waals surface area (Å²) in [6.07, 6.45) is 0. The Balaban J connectivity index is 2.07. The first-order valence-corrected chi connectivity index (χ1v) is 7.28. The number of thiazole rings is 1.